The highest BCUT2D eigenvalue weighted by Gasteiger charge is 2.36. The van der Waals surface area contributed by atoms with E-state index in [2.05, 4.69) is 47.1 Å². The van der Waals surface area contributed by atoms with Crippen molar-refractivity contribution in [3.63, 3.8) is 0 Å². The van der Waals surface area contributed by atoms with Crippen molar-refractivity contribution in [3.8, 4) is 0 Å². The van der Waals surface area contributed by atoms with Crippen LogP contribution in [0.1, 0.15) is 41.7 Å². The van der Waals surface area contributed by atoms with Crippen molar-refractivity contribution in [1.82, 2.24) is 10.2 Å². The fraction of sp³-hybridized carbons (Fsp3) is 0.450. The zero-order valence-corrected chi connectivity index (χ0v) is 14.8. The monoisotopic (exact) mass is 340 g/mol. The zero-order chi connectivity index (χ0) is 16.4. The van der Waals surface area contributed by atoms with E-state index in [0.29, 0.717) is 0 Å². The van der Waals surface area contributed by atoms with Crippen molar-refractivity contribution in [2.75, 3.05) is 13.1 Å². The summed E-state index contributed by atoms with van der Waals surface area (Å²) in [5.41, 5.74) is 2.82. The first-order valence-electron chi connectivity index (χ1n) is 8.90. The molecule has 4 heteroatoms. The van der Waals surface area contributed by atoms with Gasteiger partial charge in [0, 0.05) is 29.9 Å². The molecular weight excluding hydrogens is 316 g/mol. The number of carbonyl (C=O) groups is 1. The number of nitrogens with zero attached hydrogens (tertiary/aromatic N) is 1. The number of urea groups is 1. The highest BCUT2D eigenvalue weighted by Crippen LogP contribution is 2.40. The summed E-state index contributed by atoms with van der Waals surface area (Å²) in [7, 11) is 0. The molecule has 0 radical (unpaired) electrons. The van der Waals surface area contributed by atoms with Gasteiger partial charge >= 0.3 is 6.03 Å². The number of fused-ring (bicyclic) bond motifs is 1. The number of hydrogen-bond donors (Lipinski definition) is 1. The number of amides is 2. The van der Waals surface area contributed by atoms with E-state index in [1.165, 1.54) is 41.7 Å². The molecule has 0 unspecified atom stereocenters. The topological polar surface area (TPSA) is 32.3 Å². The summed E-state index contributed by atoms with van der Waals surface area (Å²) in [5, 5.41) is 5.38. The van der Waals surface area contributed by atoms with Crippen LogP contribution < -0.4 is 5.32 Å². The standard InChI is InChI=1S/C20H24N2OS/c23-19(22-12-8-18-16(14-22)9-13-24-18)21-15-20(10-4-5-11-20)17-6-2-1-3-7-17/h1-3,6-7,9,13H,4-5,8,10-12,14-15H2,(H,21,23). The number of benzene rings is 1. The summed E-state index contributed by atoms with van der Waals surface area (Å²) in [4.78, 5) is 16.1. The molecule has 2 heterocycles. The smallest absolute Gasteiger partial charge is 0.317 e. The number of thiophene rings is 1. The Balaban J connectivity index is 1.43. The van der Waals surface area contributed by atoms with Gasteiger partial charge in [0.15, 0.2) is 0 Å². The Morgan fingerprint density at radius 2 is 1.96 bits per heavy atom. The Labute approximate surface area is 147 Å². The molecule has 0 bridgehead atoms. The van der Waals surface area contributed by atoms with E-state index in [1.54, 1.807) is 0 Å². The highest BCUT2D eigenvalue weighted by atomic mass is 32.1. The lowest BCUT2D eigenvalue weighted by molar-refractivity contribution is 0.189. The van der Waals surface area contributed by atoms with Gasteiger partial charge < -0.3 is 10.2 Å². The number of hydrogen-bond acceptors (Lipinski definition) is 2. The molecule has 1 N–H and O–H groups in total. The van der Waals surface area contributed by atoms with E-state index in [4.69, 9.17) is 0 Å². The van der Waals surface area contributed by atoms with Gasteiger partial charge in [-0.1, -0.05) is 43.2 Å². The fourth-order valence-electron chi connectivity index (χ4n) is 4.19. The van der Waals surface area contributed by atoms with Crippen molar-refractivity contribution in [2.24, 2.45) is 0 Å². The molecule has 126 valence electrons. The normalized spacial score (nSPS) is 19.1. The molecule has 0 atom stereocenters. The van der Waals surface area contributed by atoms with E-state index < -0.39 is 0 Å². The molecule has 1 aliphatic carbocycles. The summed E-state index contributed by atoms with van der Waals surface area (Å²) >= 11 is 1.81. The summed E-state index contributed by atoms with van der Waals surface area (Å²) in [6.45, 7) is 2.34. The minimum atomic E-state index is 0.0917. The zero-order valence-electron chi connectivity index (χ0n) is 14.0. The van der Waals surface area contributed by atoms with Crippen LogP contribution in [-0.4, -0.2) is 24.0 Å². The Kier molecular flexibility index (Phi) is 4.31. The van der Waals surface area contributed by atoms with Crippen molar-refractivity contribution >= 4 is 17.4 Å². The third-order valence-electron chi connectivity index (χ3n) is 5.62. The molecule has 0 saturated heterocycles. The molecule has 1 saturated carbocycles. The summed E-state index contributed by atoms with van der Waals surface area (Å²) in [6, 6.07) is 13.0. The Bertz CT molecular complexity index is 703. The van der Waals surface area contributed by atoms with Gasteiger partial charge in [-0.2, -0.15) is 0 Å². The van der Waals surface area contributed by atoms with E-state index in [0.717, 1.165) is 26.1 Å². The van der Waals surface area contributed by atoms with Gasteiger partial charge in [0.05, 0.1) is 0 Å². The maximum atomic E-state index is 12.7. The Hall–Kier alpha value is -1.81. The molecule has 0 spiro atoms. The maximum Gasteiger partial charge on any atom is 0.317 e. The molecule has 2 aromatic rings. The quantitative estimate of drug-likeness (QED) is 0.886. The molecule has 1 fully saturated rings. The Morgan fingerprint density at radius 1 is 1.17 bits per heavy atom. The van der Waals surface area contributed by atoms with Crippen molar-refractivity contribution in [2.45, 2.75) is 44.1 Å². The number of nitrogens with one attached hydrogen (secondary N) is 1. The van der Waals surface area contributed by atoms with Crippen molar-refractivity contribution < 1.29 is 4.79 Å². The van der Waals surface area contributed by atoms with Crippen LogP contribution in [0.5, 0.6) is 0 Å². The van der Waals surface area contributed by atoms with Crippen LogP contribution in [-0.2, 0) is 18.4 Å². The fourth-order valence-corrected chi connectivity index (χ4v) is 5.08. The Morgan fingerprint density at radius 3 is 2.75 bits per heavy atom. The van der Waals surface area contributed by atoms with Crippen LogP contribution >= 0.6 is 11.3 Å². The molecule has 2 aliphatic rings. The van der Waals surface area contributed by atoms with Crippen LogP contribution in [0.3, 0.4) is 0 Å². The van der Waals surface area contributed by atoms with Crippen LogP contribution in [0.15, 0.2) is 41.8 Å². The SMILES string of the molecule is O=C(NCC1(c2ccccc2)CCCC1)N1CCc2sccc2C1. The molecule has 2 amide bonds. The third-order valence-corrected chi connectivity index (χ3v) is 6.64. The number of rotatable bonds is 3. The summed E-state index contributed by atoms with van der Waals surface area (Å²) in [5.74, 6) is 0. The second-order valence-electron chi connectivity index (χ2n) is 7.05. The lowest BCUT2D eigenvalue weighted by Crippen LogP contribution is -2.47. The molecule has 1 aromatic carbocycles. The van der Waals surface area contributed by atoms with E-state index in [9.17, 15) is 4.79 Å². The van der Waals surface area contributed by atoms with Crippen LogP contribution in [0, 0.1) is 0 Å². The van der Waals surface area contributed by atoms with Crippen LogP contribution in [0.25, 0.3) is 0 Å². The third kappa shape index (κ3) is 2.95. The highest BCUT2D eigenvalue weighted by molar-refractivity contribution is 7.10. The van der Waals surface area contributed by atoms with E-state index >= 15 is 0 Å². The van der Waals surface area contributed by atoms with Gasteiger partial charge in [-0.3, -0.25) is 0 Å². The lowest BCUT2D eigenvalue weighted by Gasteiger charge is -2.33. The summed E-state index contributed by atoms with van der Waals surface area (Å²) < 4.78 is 0. The van der Waals surface area contributed by atoms with Crippen LogP contribution in [0.4, 0.5) is 4.79 Å². The number of carbonyl (C=O) groups excluding carboxylic acids is 1. The first-order chi connectivity index (χ1) is 11.8. The minimum Gasteiger partial charge on any atom is -0.337 e. The average Bonchev–Trinajstić information content (AvgIpc) is 3.30. The molecule has 3 nitrogen and oxygen atoms in total. The predicted octanol–water partition coefficient (Wildman–Crippen LogP) is 4.33. The summed E-state index contributed by atoms with van der Waals surface area (Å²) in [6.07, 6.45) is 5.85. The molecule has 4 rings (SSSR count). The van der Waals surface area contributed by atoms with Crippen molar-refractivity contribution in [1.29, 1.82) is 0 Å². The average molecular weight is 340 g/mol. The van der Waals surface area contributed by atoms with E-state index in [1.807, 2.05) is 16.2 Å². The van der Waals surface area contributed by atoms with Gasteiger partial charge in [0.2, 0.25) is 0 Å². The first kappa shape index (κ1) is 15.7. The van der Waals surface area contributed by atoms with Crippen LogP contribution in [0.2, 0.25) is 0 Å². The molecular formula is C20H24N2OS. The van der Waals surface area contributed by atoms with Crippen molar-refractivity contribution in [3.05, 3.63) is 57.8 Å². The molecule has 1 aliphatic heterocycles. The molecule has 1 aromatic heterocycles. The van der Waals surface area contributed by atoms with Gasteiger partial charge in [-0.05, 0) is 41.8 Å². The van der Waals surface area contributed by atoms with Gasteiger partial charge in [-0.15, -0.1) is 11.3 Å². The maximum absolute atomic E-state index is 12.7. The second-order valence-corrected chi connectivity index (χ2v) is 8.05. The minimum absolute atomic E-state index is 0.0917. The van der Waals surface area contributed by atoms with Gasteiger partial charge in [0.25, 0.3) is 0 Å². The lowest BCUT2D eigenvalue weighted by atomic mass is 9.79. The van der Waals surface area contributed by atoms with Gasteiger partial charge in [0.1, 0.15) is 0 Å². The first-order valence-corrected chi connectivity index (χ1v) is 9.78. The van der Waals surface area contributed by atoms with E-state index in [-0.39, 0.29) is 11.4 Å². The van der Waals surface area contributed by atoms with Gasteiger partial charge in [-0.25, -0.2) is 4.79 Å². The predicted molar refractivity (Wildman–Crippen MR) is 98.4 cm³/mol. The second kappa shape index (κ2) is 6.60. The largest absolute Gasteiger partial charge is 0.337 e. The molecule has 24 heavy (non-hydrogen) atoms.